The molecule has 0 aromatic carbocycles. The molecule has 4 heteroatoms. The Morgan fingerprint density at radius 3 is 3.12 bits per heavy atom. The van der Waals surface area contributed by atoms with Crippen LogP contribution in [0.25, 0.3) is 0 Å². The monoisotopic (exact) mass is 243 g/mol. The second-order valence-corrected chi connectivity index (χ2v) is 4.80. The van der Waals surface area contributed by atoms with E-state index in [1.807, 2.05) is 23.7 Å². The predicted molar refractivity (Wildman–Crippen MR) is 68.5 cm³/mol. The SMILES string of the molecule is C[C@H](NCc1cc(C#N)cs1)c1cccnc1. The van der Waals surface area contributed by atoms with Gasteiger partial charge in [0.05, 0.1) is 5.56 Å². The van der Waals surface area contributed by atoms with Gasteiger partial charge in [-0.3, -0.25) is 4.98 Å². The molecule has 0 bridgehead atoms. The minimum atomic E-state index is 0.260. The molecule has 1 N–H and O–H groups in total. The van der Waals surface area contributed by atoms with E-state index in [0.717, 1.165) is 12.1 Å². The van der Waals surface area contributed by atoms with Gasteiger partial charge in [0.15, 0.2) is 0 Å². The molecule has 0 amide bonds. The lowest BCUT2D eigenvalue weighted by Gasteiger charge is -2.12. The fraction of sp³-hybridized carbons (Fsp3) is 0.231. The Hall–Kier alpha value is -1.70. The fourth-order valence-electron chi connectivity index (χ4n) is 1.54. The van der Waals surface area contributed by atoms with E-state index in [9.17, 15) is 0 Å². The van der Waals surface area contributed by atoms with Gasteiger partial charge in [-0.25, -0.2) is 0 Å². The van der Waals surface area contributed by atoms with Gasteiger partial charge in [0.2, 0.25) is 0 Å². The van der Waals surface area contributed by atoms with Gasteiger partial charge in [-0.2, -0.15) is 5.26 Å². The van der Waals surface area contributed by atoms with Crippen molar-refractivity contribution in [3.8, 4) is 6.07 Å². The second-order valence-electron chi connectivity index (χ2n) is 3.80. The molecule has 2 aromatic heterocycles. The third-order valence-electron chi connectivity index (χ3n) is 2.55. The quantitative estimate of drug-likeness (QED) is 0.898. The molecule has 2 rings (SSSR count). The maximum atomic E-state index is 8.73. The van der Waals surface area contributed by atoms with Gasteiger partial charge in [-0.05, 0) is 24.6 Å². The first-order valence-electron chi connectivity index (χ1n) is 5.40. The normalized spacial score (nSPS) is 12.0. The van der Waals surface area contributed by atoms with E-state index in [0.29, 0.717) is 0 Å². The van der Waals surface area contributed by atoms with E-state index in [4.69, 9.17) is 5.26 Å². The van der Waals surface area contributed by atoms with Crippen LogP contribution in [0.15, 0.2) is 36.0 Å². The lowest BCUT2D eigenvalue weighted by atomic mass is 10.1. The molecule has 0 spiro atoms. The molecule has 0 aliphatic carbocycles. The van der Waals surface area contributed by atoms with Crippen LogP contribution in [0, 0.1) is 11.3 Å². The number of nitrogens with one attached hydrogen (secondary N) is 1. The first kappa shape index (κ1) is 11.8. The Kier molecular flexibility index (Phi) is 3.86. The molecule has 0 saturated heterocycles. The molecule has 1 atom stereocenters. The minimum absolute atomic E-state index is 0.260. The molecule has 86 valence electrons. The molecule has 17 heavy (non-hydrogen) atoms. The summed E-state index contributed by atoms with van der Waals surface area (Å²) < 4.78 is 0. The molecule has 3 nitrogen and oxygen atoms in total. The van der Waals surface area contributed by atoms with E-state index in [2.05, 4.69) is 29.4 Å². The number of hydrogen-bond donors (Lipinski definition) is 1. The Morgan fingerprint density at radius 2 is 2.47 bits per heavy atom. The zero-order chi connectivity index (χ0) is 12.1. The summed E-state index contributed by atoms with van der Waals surface area (Å²) in [6.07, 6.45) is 3.64. The smallest absolute Gasteiger partial charge is 0.100 e. The highest BCUT2D eigenvalue weighted by Crippen LogP contribution is 2.16. The third-order valence-corrected chi connectivity index (χ3v) is 3.49. The molecule has 0 aliphatic heterocycles. The van der Waals surface area contributed by atoms with Crippen molar-refractivity contribution in [2.75, 3.05) is 0 Å². The average Bonchev–Trinajstić information content (AvgIpc) is 2.85. The standard InChI is InChI=1S/C13H13N3S/c1-10(12-3-2-4-15-7-12)16-8-13-5-11(6-14)9-17-13/h2-5,7,9-10,16H,8H2,1H3/t10-/m0/s1. The van der Waals surface area contributed by atoms with Gasteiger partial charge in [-0.15, -0.1) is 11.3 Å². The molecule has 0 unspecified atom stereocenters. The van der Waals surface area contributed by atoms with E-state index >= 15 is 0 Å². The highest BCUT2D eigenvalue weighted by Gasteiger charge is 2.05. The third kappa shape index (κ3) is 3.13. The number of rotatable bonds is 4. The van der Waals surface area contributed by atoms with Crippen molar-refractivity contribution in [3.05, 3.63) is 52.0 Å². The van der Waals surface area contributed by atoms with Crippen LogP contribution in [-0.4, -0.2) is 4.98 Å². The summed E-state index contributed by atoms with van der Waals surface area (Å²) in [6.45, 7) is 2.89. The molecule has 0 saturated carbocycles. The molecule has 0 radical (unpaired) electrons. The maximum absolute atomic E-state index is 8.73. The van der Waals surface area contributed by atoms with Gasteiger partial charge >= 0.3 is 0 Å². The highest BCUT2D eigenvalue weighted by molar-refractivity contribution is 7.10. The summed E-state index contributed by atoms with van der Waals surface area (Å²) >= 11 is 1.61. The van der Waals surface area contributed by atoms with Crippen molar-refractivity contribution in [2.24, 2.45) is 0 Å². The van der Waals surface area contributed by atoms with Crippen LogP contribution in [0.1, 0.15) is 29.0 Å². The van der Waals surface area contributed by atoms with E-state index in [1.165, 1.54) is 10.4 Å². The molecule has 2 aromatic rings. The number of pyridine rings is 1. The fourth-order valence-corrected chi connectivity index (χ4v) is 2.30. The maximum Gasteiger partial charge on any atom is 0.100 e. The number of hydrogen-bond acceptors (Lipinski definition) is 4. The lowest BCUT2D eigenvalue weighted by molar-refractivity contribution is 0.577. The summed E-state index contributed by atoms with van der Waals surface area (Å²) in [7, 11) is 0. The number of thiophene rings is 1. The average molecular weight is 243 g/mol. The van der Waals surface area contributed by atoms with Crippen LogP contribution < -0.4 is 5.32 Å². The first-order valence-corrected chi connectivity index (χ1v) is 6.28. The first-order chi connectivity index (χ1) is 8.29. The van der Waals surface area contributed by atoms with Crippen LogP contribution in [0.3, 0.4) is 0 Å². The summed E-state index contributed by atoms with van der Waals surface area (Å²) in [5, 5.41) is 14.0. The predicted octanol–water partition coefficient (Wildman–Crippen LogP) is 2.87. The Morgan fingerprint density at radius 1 is 1.59 bits per heavy atom. The van der Waals surface area contributed by atoms with Crippen LogP contribution in [0.2, 0.25) is 0 Å². The summed E-state index contributed by atoms with van der Waals surface area (Å²) in [4.78, 5) is 5.28. The highest BCUT2D eigenvalue weighted by atomic mass is 32.1. The van der Waals surface area contributed by atoms with Crippen molar-refractivity contribution >= 4 is 11.3 Å². The van der Waals surface area contributed by atoms with Crippen molar-refractivity contribution < 1.29 is 0 Å². The summed E-state index contributed by atoms with van der Waals surface area (Å²) in [5.74, 6) is 0. The zero-order valence-electron chi connectivity index (χ0n) is 9.55. The van der Waals surface area contributed by atoms with Crippen LogP contribution >= 0.6 is 11.3 Å². The van der Waals surface area contributed by atoms with Gasteiger partial charge < -0.3 is 5.32 Å². The van der Waals surface area contributed by atoms with Gasteiger partial charge in [0.25, 0.3) is 0 Å². The summed E-state index contributed by atoms with van der Waals surface area (Å²) in [5.41, 5.74) is 1.91. The second kappa shape index (κ2) is 5.58. The van der Waals surface area contributed by atoms with Crippen LogP contribution in [0.5, 0.6) is 0 Å². The van der Waals surface area contributed by atoms with E-state index < -0.39 is 0 Å². The molecular formula is C13H13N3S. The van der Waals surface area contributed by atoms with Gasteiger partial charge in [-0.1, -0.05) is 6.07 Å². The van der Waals surface area contributed by atoms with Crippen LogP contribution in [-0.2, 0) is 6.54 Å². The van der Waals surface area contributed by atoms with Gasteiger partial charge in [0, 0.05) is 35.2 Å². The van der Waals surface area contributed by atoms with Crippen molar-refractivity contribution in [2.45, 2.75) is 19.5 Å². The minimum Gasteiger partial charge on any atom is -0.305 e. The molecule has 0 aliphatic rings. The van der Waals surface area contributed by atoms with Crippen molar-refractivity contribution in [1.29, 1.82) is 5.26 Å². The molecule has 2 heterocycles. The van der Waals surface area contributed by atoms with Crippen molar-refractivity contribution in [1.82, 2.24) is 10.3 Å². The van der Waals surface area contributed by atoms with Gasteiger partial charge in [0.1, 0.15) is 6.07 Å². The molecular weight excluding hydrogens is 230 g/mol. The Bertz CT molecular complexity index is 513. The Labute approximate surface area is 105 Å². The van der Waals surface area contributed by atoms with E-state index in [1.54, 1.807) is 17.5 Å². The Balaban J connectivity index is 1.92. The summed E-state index contributed by atoms with van der Waals surface area (Å²) in [6, 6.07) is 8.32. The van der Waals surface area contributed by atoms with Crippen molar-refractivity contribution in [3.63, 3.8) is 0 Å². The van der Waals surface area contributed by atoms with E-state index in [-0.39, 0.29) is 6.04 Å². The number of nitrogens with zero attached hydrogens (tertiary/aromatic N) is 2. The zero-order valence-corrected chi connectivity index (χ0v) is 10.4. The number of aromatic nitrogens is 1. The lowest BCUT2D eigenvalue weighted by Crippen LogP contribution is -2.17. The van der Waals surface area contributed by atoms with Crippen LogP contribution in [0.4, 0.5) is 0 Å². The topological polar surface area (TPSA) is 48.7 Å². The largest absolute Gasteiger partial charge is 0.305 e. The number of nitriles is 1. The molecule has 0 fully saturated rings.